The molecule has 4 aromatic rings. The van der Waals surface area contributed by atoms with E-state index in [1.54, 1.807) is 14.2 Å². The highest BCUT2D eigenvalue weighted by Gasteiger charge is 2.29. The van der Waals surface area contributed by atoms with Gasteiger partial charge in [-0.25, -0.2) is 0 Å². The fraction of sp³-hybridized carbons (Fsp3) is 0.242. The van der Waals surface area contributed by atoms with Crippen molar-refractivity contribution in [3.63, 3.8) is 0 Å². The molecule has 0 saturated carbocycles. The number of alkyl halides is 2. The summed E-state index contributed by atoms with van der Waals surface area (Å²) in [5, 5.41) is 0.941. The van der Waals surface area contributed by atoms with Crippen molar-refractivity contribution in [3.05, 3.63) is 119 Å². The Hall–Kier alpha value is -3.29. The zero-order valence-corrected chi connectivity index (χ0v) is 25.7. The first kappa shape index (κ1) is 29.7. The van der Waals surface area contributed by atoms with E-state index in [-0.39, 0.29) is 17.6 Å². The van der Waals surface area contributed by atoms with E-state index in [0.29, 0.717) is 46.9 Å². The molecule has 0 aliphatic rings. The van der Waals surface area contributed by atoms with Gasteiger partial charge in [-0.15, -0.1) is 0 Å². The number of Topliss-reactive ketones (excluding diaryl/α,β-unsaturated/α-hetero) is 1. The van der Waals surface area contributed by atoms with Gasteiger partial charge < -0.3 is 18.9 Å². The van der Waals surface area contributed by atoms with Crippen molar-refractivity contribution < 1.29 is 23.7 Å². The minimum absolute atomic E-state index is 0.0776. The van der Waals surface area contributed by atoms with E-state index < -0.39 is 0 Å². The zero-order valence-electron chi connectivity index (χ0n) is 22.5. The number of halogens is 2. The van der Waals surface area contributed by atoms with Gasteiger partial charge in [0.2, 0.25) is 0 Å². The van der Waals surface area contributed by atoms with E-state index in [0.717, 1.165) is 22.3 Å². The molecule has 40 heavy (non-hydrogen) atoms. The van der Waals surface area contributed by atoms with Gasteiger partial charge in [0.1, 0.15) is 19.0 Å². The molecule has 0 radical (unpaired) electrons. The first-order valence-electron chi connectivity index (χ1n) is 12.9. The second-order valence-corrected chi connectivity index (χ2v) is 10.5. The maximum absolute atomic E-state index is 13.9. The van der Waals surface area contributed by atoms with Gasteiger partial charge in [-0.05, 0) is 46.5 Å². The van der Waals surface area contributed by atoms with Crippen LogP contribution in [0.2, 0.25) is 0 Å². The Labute approximate surface area is 252 Å². The highest BCUT2D eigenvalue weighted by atomic mass is 79.9. The second-order valence-electron chi connectivity index (χ2n) is 9.19. The van der Waals surface area contributed by atoms with Gasteiger partial charge in [0.05, 0.1) is 26.1 Å². The molecule has 7 heteroatoms. The predicted molar refractivity (Wildman–Crippen MR) is 166 cm³/mol. The van der Waals surface area contributed by atoms with Crippen LogP contribution in [0.5, 0.6) is 23.0 Å². The molecular weight excluding hydrogens is 636 g/mol. The Bertz CT molecular complexity index is 1270. The van der Waals surface area contributed by atoms with Crippen molar-refractivity contribution in [1.82, 2.24) is 0 Å². The first-order chi connectivity index (χ1) is 19.6. The third-order valence-electron chi connectivity index (χ3n) is 6.65. The average molecular weight is 668 g/mol. The highest BCUT2D eigenvalue weighted by Crippen LogP contribution is 2.37. The van der Waals surface area contributed by atoms with Gasteiger partial charge in [-0.2, -0.15) is 0 Å². The number of carbonyl (C=O) groups excluding carboxylic acids is 1. The van der Waals surface area contributed by atoms with E-state index in [1.165, 1.54) is 0 Å². The molecule has 0 heterocycles. The number of methoxy groups -OCH3 is 2. The minimum atomic E-state index is -0.389. The van der Waals surface area contributed by atoms with Crippen LogP contribution < -0.4 is 18.9 Å². The highest BCUT2D eigenvalue weighted by molar-refractivity contribution is 9.09. The van der Waals surface area contributed by atoms with E-state index in [4.69, 9.17) is 18.9 Å². The summed E-state index contributed by atoms with van der Waals surface area (Å²) in [6, 6.07) is 31.3. The quantitative estimate of drug-likeness (QED) is 0.127. The molecule has 208 valence electrons. The molecule has 2 atom stereocenters. The van der Waals surface area contributed by atoms with Crippen LogP contribution in [0.4, 0.5) is 0 Å². The summed E-state index contributed by atoms with van der Waals surface area (Å²) in [5.74, 6) is 1.73. The molecule has 0 saturated heterocycles. The Balaban J connectivity index is 1.51. The molecular formula is C33H32Br2O5. The van der Waals surface area contributed by atoms with Gasteiger partial charge in [-0.1, -0.05) is 105 Å². The lowest BCUT2D eigenvalue weighted by atomic mass is 9.85. The first-order valence-corrected chi connectivity index (χ1v) is 15.2. The van der Waals surface area contributed by atoms with E-state index in [9.17, 15) is 4.79 Å². The molecule has 0 bridgehead atoms. The largest absolute Gasteiger partial charge is 0.493 e. The van der Waals surface area contributed by atoms with Crippen LogP contribution in [0.3, 0.4) is 0 Å². The van der Waals surface area contributed by atoms with Crippen molar-refractivity contribution in [2.45, 2.75) is 25.0 Å². The summed E-state index contributed by atoms with van der Waals surface area (Å²) in [4.78, 5) is 13.9. The summed E-state index contributed by atoms with van der Waals surface area (Å²) in [5.41, 5.74) is 3.83. The SMILES string of the molecule is COc1cc(C(CBr)C(=O)C(CBr)c2ccc(OCc3ccccc3)c(OC)c2)ccc1OCc1ccccc1. The molecule has 0 fully saturated rings. The van der Waals surface area contributed by atoms with E-state index >= 15 is 0 Å². The van der Waals surface area contributed by atoms with Crippen LogP contribution in [0.25, 0.3) is 0 Å². The third kappa shape index (κ3) is 7.46. The Kier molecular flexibility index (Phi) is 11.1. The molecule has 2 unspecified atom stereocenters. The summed E-state index contributed by atoms with van der Waals surface area (Å²) in [7, 11) is 3.21. The fourth-order valence-electron chi connectivity index (χ4n) is 4.41. The number of ketones is 1. The maximum atomic E-state index is 13.9. The topological polar surface area (TPSA) is 54.0 Å². The molecule has 0 aliphatic heterocycles. The summed E-state index contributed by atoms with van der Waals surface area (Å²) in [6.45, 7) is 0.853. The summed E-state index contributed by atoms with van der Waals surface area (Å²) < 4.78 is 23.3. The van der Waals surface area contributed by atoms with Gasteiger partial charge >= 0.3 is 0 Å². The number of hydrogen-bond donors (Lipinski definition) is 0. The average Bonchev–Trinajstić information content (AvgIpc) is 3.01. The minimum Gasteiger partial charge on any atom is -0.493 e. The van der Waals surface area contributed by atoms with E-state index in [1.807, 2.05) is 97.1 Å². The number of hydrogen-bond acceptors (Lipinski definition) is 5. The fourth-order valence-corrected chi connectivity index (χ4v) is 5.80. The Morgan fingerprint density at radius 2 is 1.00 bits per heavy atom. The van der Waals surface area contributed by atoms with Crippen molar-refractivity contribution in [2.75, 3.05) is 24.9 Å². The van der Waals surface area contributed by atoms with Crippen LogP contribution >= 0.6 is 31.9 Å². The molecule has 0 spiro atoms. The van der Waals surface area contributed by atoms with Crippen molar-refractivity contribution in [1.29, 1.82) is 0 Å². The lowest BCUT2D eigenvalue weighted by Crippen LogP contribution is -2.23. The van der Waals surface area contributed by atoms with Gasteiger partial charge in [0.15, 0.2) is 23.0 Å². The summed E-state index contributed by atoms with van der Waals surface area (Å²) in [6.07, 6.45) is 0. The Morgan fingerprint density at radius 1 is 0.600 bits per heavy atom. The van der Waals surface area contributed by atoms with Crippen molar-refractivity contribution in [3.8, 4) is 23.0 Å². The molecule has 0 aliphatic carbocycles. The van der Waals surface area contributed by atoms with E-state index in [2.05, 4.69) is 31.9 Å². The van der Waals surface area contributed by atoms with Crippen LogP contribution in [0.1, 0.15) is 34.1 Å². The van der Waals surface area contributed by atoms with Crippen molar-refractivity contribution >= 4 is 37.6 Å². The third-order valence-corrected chi connectivity index (χ3v) is 7.94. The summed E-state index contributed by atoms with van der Waals surface area (Å²) >= 11 is 7.16. The van der Waals surface area contributed by atoms with Crippen LogP contribution in [0.15, 0.2) is 97.1 Å². The monoisotopic (exact) mass is 666 g/mol. The molecule has 4 aromatic carbocycles. The molecule has 0 aromatic heterocycles. The standard InChI is InChI=1S/C33H32Br2O5/c1-37-31-17-25(13-15-29(31)39-21-23-9-5-3-6-10-23)27(19-34)33(36)28(20-35)26-14-16-30(32(18-26)38-2)40-22-24-11-7-4-8-12-24/h3-18,27-28H,19-22H2,1-2H3. The van der Waals surface area contributed by atoms with Crippen LogP contribution in [0, 0.1) is 0 Å². The second kappa shape index (κ2) is 14.9. The van der Waals surface area contributed by atoms with Crippen molar-refractivity contribution in [2.24, 2.45) is 0 Å². The number of rotatable bonds is 14. The number of benzene rings is 4. The van der Waals surface area contributed by atoms with Crippen LogP contribution in [-0.2, 0) is 18.0 Å². The zero-order chi connectivity index (χ0) is 28.3. The van der Waals surface area contributed by atoms with Gasteiger partial charge in [0, 0.05) is 10.7 Å². The normalized spacial score (nSPS) is 12.3. The molecule has 5 nitrogen and oxygen atoms in total. The molecule has 0 N–H and O–H groups in total. The number of ether oxygens (including phenoxy) is 4. The van der Waals surface area contributed by atoms with Crippen LogP contribution in [-0.4, -0.2) is 30.7 Å². The number of carbonyl (C=O) groups is 1. The van der Waals surface area contributed by atoms with Gasteiger partial charge in [0.25, 0.3) is 0 Å². The molecule has 0 amide bonds. The smallest absolute Gasteiger partial charge is 0.161 e. The lowest BCUT2D eigenvalue weighted by Gasteiger charge is -2.22. The predicted octanol–water partition coefficient (Wildman–Crippen LogP) is 8.09. The van der Waals surface area contributed by atoms with Gasteiger partial charge in [-0.3, -0.25) is 4.79 Å². The maximum Gasteiger partial charge on any atom is 0.161 e. The lowest BCUT2D eigenvalue weighted by molar-refractivity contribution is -0.121. The molecule has 4 rings (SSSR count). The Morgan fingerprint density at radius 3 is 1.35 bits per heavy atom.